The van der Waals surface area contributed by atoms with Crippen molar-refractivity contribution in [3.63, 3.8) is 0 Å². The largest absolute Gasteiger partial charge is 0.353 e. The van der Waals surface area contributed by atoms with Crippen molar-refractivity contribution in [2.24, 2.45) is 0 Å². The Bertz CT molecular complexity index is 1060. The molecule has 0 unspecified atom stereocenters. The van der Waals surface area contributed by atoms with E-state index in [0.29, 0.717) is 42.7 Å². The van der Waals surface area contributed by atoms with Crippen LogP contribution >= 0.6 is 11.6 Å². The van der Waals surface area contributed by atoms with Gasteiger partial charge in [-0.05, 0) is 44.2 Å². The first-order valence-corrected chi connectivity index (χ1v) is 10.6. The van der Waals surface area contributed by atoms with Gasteiger partial charge in [-0.2, -0.15) is 0 Å². The summed E-state index contributed by atoms with van der Waals surface area (Å²) < 4.78 is 0. The van der Waals surface area contributed by atoms with E-state index in [1.165, 1.54) is 5.56 Å². The second kappa shape index (κ2) is 9.22. The van der Waals surface area contributed by atoms with Crippen molar-refractivity contribution < 1.29 is 4.79 Å². The lowest BCUT2D eigenvalue weighted by atomic mass is 10.2. The van der Waals surface area contributed by atoms with E-state index < -0.39 is 0 Å². The fourth-order valence-electron chi connectivity index (χ4n) is 3.47. The highest BCUT2D eigenvalue weighted by Gasteiger charge is 2.22. The van der Waals surface area contributed by atoms with Crippen LogP contribution in [0.1, 0.15) is 11.4 Å². The summed E-state index contributed by atoms with van der Waals surface area (Å²) >= 11 is 6.00. The number of nitrogens with zero attached hydrogens (tertiary/aromatic N) is 4. The standard InChI is InChI=1S/C23H25ClN6O/c1-16-6-8-19(9-7-16)27-21-15-22(26-17(2)25-21)29-10-12-30(13-11-29)23(31)28-20-5-3-4-18(24)14-20/h3-9,14-15H,10-13H2,1-2H3,(H,28,31)(H,25,26,27). The first kappa shape index (κ1) is 20.9. The summed E-state index contributed by atoms with van der Waals surface area (Å²) in [4.78, 5) is 25.7. The van der Waals surface area contributed by atoms with E-state index in [1.807, 2.05) is 37.3 Å². The van der Waals surface area contributed by atoms with E-state index in [1.54, 1.807) is 17.0 Å². The molecule has 0 aliphatic carbocycles. The molecule has 1 aliphatic rings. The molecule has 0 bridgehead atoms. The van der Waals surface area contributed by atoms with Crippen LogP contribution in [-0.2, 0) is 0 Å². The summed E-state index contributed by atoms with van der Waals surface area (Å²) in [7, 11) is 0. The number of carbonyl (C=O) groups excluding carboxylic acids is 1. The number of urea groups is 1. The SMILES string of the molecule is Cc1ccc(Nc2cc(N3CCN(C(=O)Nc4cccc(Cl)c4)CC3)nc(C)n2)cc1. The summed E-state index contributed by atoms with van der Waals surface area (Å²) in [6.07, 6.45) is 0. The van der Waals surface area contributed by atoms with Crippen molar-refractivity contribution in [1.29, 1.82) is 0 Å². The lowest BCUT2D eigenvalue weighted by Crippen LogP contribution is -2.50. The zero-order chi connectivity index (χ0) is 21.8. The molecule has 1 fully saturated rings. The van der Waals surface area contributed by atoms with Gasteiger partial charge in [0.15, 0.2) is 0 Å². The van der Waals surface area contributed by atoms with E-state index in [-0.39, 0.29) is 6.03 Å². The van der Waals surface area contributed by atoms with E-state index >= 15 is 0 Å². The number of rotatable bonds is 4. The monoisotopic (exact) mass is 436 g/mol. The maximum Gasteiger partial charge on any atom is 0.321 e. The van der Waals surface area contributed by atoms with Gasteiger partial charge in [0, 0.05) is 48.6 Å². The maximum atomic E-state index is 12.6. The van der Waals surface area contributed by atoms with Gasteiger partial charge in [-0.15, -0.1) is 0 Å². The van der Waals surface area contributed by atoms with Crippen molar-refractivity contribution in [2.45, 2.75) is 13.8 Å². The van der Waals surface area contributed by atoms with Gasteiger partial charge in [0.2, 0.25) is 0 Å². The summed E-state index contributed by atoms with van der Waals surface area (Å²) in [6.45, 7) is 6.56. The summed E-state index contributed by atoms with van der Waals surface area (Å²) in [5, 5.41) is 6.85. The number of aryl methyl sites for hydroxylation is 2. The number of nitrogens with one attached hydrogen (secondary N) is 2. The number of anilines is 4. The molecule has 0 saturated carbocycles. The van der Waals surface area contributed by atoms with Crippen LogP contribution in [0.2, 0.25) is 5.02 Å². The minimum absolute atomic E-state index is 0.123. The van der Waals surface area contributed by atoms with Gasteiger partial charge in [0.25, 0.3) is 0 Å². The molecule has 8 heteroatoms. The minimum Gasteiger partial charge on any atom is -0.353 e. The smallest absolute Gasteiger partial charge is 0.321 e. The Morgan fingerprint density at radius 2 is 1.68 bits per heavy atom. The van der Waals surface area contributed by atoms with Gasteiger partial charge in [-0.25, -0.2) is 14.8 Å². The van der Waals surface area contributed by atoms with Crippen LogP contribution < -0.4 is 15.5 Å². The minimum atomic E-state index is -0.123. The van der Waals surface area contributed by atoms with Gasteiger partial charge in [-0.3, -0.25) is 0 Å². The number of piperazine rings is 1. The molecule has 0 spiro atoms. The quantitative estimate of drug-likeness (QED) is 0.611. The predicted octanol–water partition coefficient (Wildman–Crippen LogP) is 4.84. The third-order valence-corrected chi connectivity index (χ3v) is 5.35. The molecular weight excluding hydrogens is 412 g/mol. The highest BCUT2D eigenvalue weighted by atomic mass is 35.5. The first-order chi connectivity index (χ1) is 15.0. The van der Waals surface area contributed by atoms with E-state index in [0.717, 1.165) is 17.3 Å². The Labute approximate surface area is 187 Å². The molecule has 4 rings (SSSR count). The van der Waals surface area contributed by atoms with Gasteiger partial charge in [0.1, 0.15) is 17.5 Å². The Balaban J connectivity index is 1.38. The van der Waals surface area contributed by atoms with Crippen LogP contribution in [0.5, 0.6) is 0 Å². The highest BCUT2D eigenvalue weighted by Crippen LogP contribution is 2.22. The second-order valence-electron chi connectivity index (χ2n) is 7.56. The number of carbonyl (C=O) groups is 1. The lowest BCUT2D eigenvalue weighted by Gasteiger charge is -2.35. The number of aromatic nitrogens is 2. The number of benzene rings is 2. The van der Waals surface area contributed by atoms with Crippen LogP contribution in [-0.4, -0.2) is 47.1 Å². The van der Waals surface area contributed by atoms with Crippen molar-refractivity contribution in [3.05, 3.63) is 71.0 Å². The molecule has 0 atom stereocenters. The zero-order valence-electron chi connectivity index (χ0n) is 17.6. The summed E-state index contributed by atoms with van der Waals surface area (Å²) in [6, 6.07) is 17.2. The van der Waals surface area contributed by atoms with Crippen LogP contribution in [0.15, 0.2) is 54.6 Å². The van der Waals surface area contributed by atoms with E-state index in [9.17, 15) is 4.79 Å². The predicted molar refractivity (Wildman–Crippen MR) is 125 cm³/mol. The Morgan fingerprint density at radius 3 is 2.39 bits per heavy atom. The number of halogens is 1. The van der Waals surface area contributed by atoms with Crippen molar-refractivity contribution >= 4 is 40.6 Å². The topological polar surface area (TPSA) is 73.4 Å². The molecule has 3 aromatic rings. The fourth-order valence-corrected chi connectivity index (χ4v) is 3.66. The highest BCUT2D eigenvalue weighted by molar-refractivity contribution is 6.30. The van der Waals surface area contributed by atoms with Crippen molar-refractivity contribution in [2.75, 3.05) is 41.7 Å². The average molecular weight is 437 g/mol. The third-order valence-electron chi connectivity index (χ3n) is 5.12. The van der Waals surface area contributed by atoms with Gasteiger partial charge >= 0.3 is 6.03 Å². The normalized spacial score (nSPS) is 13.8. The molecule has 2 aromatic carbocycles. The molecular formula is C23H25ClN6O. The molecule has 1 aliphatic heterocycles. The molecule has 160 valence electrons. The van der Waals surface area contributed by atoms with Crippen LogP contribution in [0, 0.1) is 13.8 Å². The first-order valence-electron chi connectivity index (χ1n) is 10.2. The van der Waals surface area contributed by atoms with Gasteiger partial charge < -0.3 is 20.4 Å². The van der Waals surface area contributed by atoms with Crippen LogP contribution in [0.3, 0.4) is 0 Å². The third kappa shape index (κ3) is 5.44. The molecule has 1 saturated heterocycles. The Morgan fingerprint density at radius 1 is 0.935 bits per heavy atom. The number of amides is 2. The number of hydrogen-bond donors (Lipinski definition) is 2. The molecule has 2 amide bonds. The van der Waals surface area contributed by atoms with Gasteiger partial charge in [0.05, 0.1) is 0 Å². The molecule has 0 radical (unpaired) electrons. The second-order valence-corrected chi connectivity index (χ2v) is 8.00. The molecule has 1 aromatic heterocycles. The fraction of sp³-hybridized carbons (Fsp3) is 0.261. The van der Waals surface area contributed by atoms with Crippen molar-refractivity contribution in [3.8, 4) is 0 Å². The molecule has 2 heterocycles. The molecule has 7 nitrogen and oxygen atoms in total. The van der Waals surface area contributed by atoms with Crippen LogP contribution in [0.25, 0.3) is 0 Å². The van der Waals surface area contributed by atoms with E-state index in [4.69, 9.17) is 11.6 Å². The zero-order valence-corrected chi connectivity index (χ0v) is 18.4. The Hall–Kier alpha value is -3.32. The van der Waals surface area contributed by atoms with Gasteiger partial charge in [-0.1, -0.05) is 35.4 Å². The maximum absolute atomic E-state index is 12.6. The molecule has 31 heavy (non-hydrogen) atoms. The summed E-state index contributed by atoms with van der Waals surface area (Å²) in [5.74, 6) is 2.32. The van der Waals surface area contributed by atoms with E-state index in [2.05, 4.69) is 44.6 Å². The lowest BCUT2D eigenvalue weighted by molar-refractivity contribution is 0.208. The Kier molecular flexibility index (Phi) is 6.23. The average Bonchev–Trinajstić information content (AvgIpc) is 2.75. The molecule has 2 N–H and O–H groups in total. The van der Waals surface area contributed by atoms with Crippen molar-refractivity contribution in [1.82, 2.24) is 14.9 Å². The summed E-state index contributed by atoms with van der Waals surface area (Å²) in [5.41, 5.74) is 2.89. The number of hydrogen-bond acceptors (Lipinski definition) is 5. The van der Waals surface area contributed by atoms with Crippen LogP contribution in [0.4, 0.5) is 27.8 Å².